The topological polar surface area (TPSA) is 60.2 Å². The molecule has 0 atom stereocenters. The first-order valence-corrected chi connectivity index (χ1v) is 7.49. The van der Waals surface area contributed by atoms with E-state index in [0.717, 1.165) is 11.1 Å². The Labute approximate surface area is 135 Å². The molecule has 3 rings (SSSR count). The molecule has 0 saturated carbocycles. The van der Waals surface area contributed by atoms with Crippen LogP contribution in [0.25, 0.3) is 11.1 Å². The van der Waals surface area contributed by atoms with E-state index < -0.39 is 0 Å². The number of nitrogen functional groups attached to an aromatic ring is 1. The Morgan fingerprint density at radius 2 is 1.43 bits per heavy atom. The van der Waals surface area contributed by atoms with Crippen molar-refractivity contribution in [1.82, 2.24) is 4.98 Å². The molecule has 4 nitrogen and oxygen atoms in total. The van der Waals surface area contributed by atoms with Crippen LogP contribution < -0.4 is 11.3 Å². The van der Waals surface area contributed by atoms with Crippen LogP contribution in [-0.4, -0.2) is 4.98 Å². The third-order valence-corrected chi connectivity index (χ3v) is 3.57. The summed E-state index contributed by atoms with van der Waals surface area (Å²) in [5.41, 5.74) is 7.11. The summed E-state index contributed by atoms with van der Waals surface area (Å²) in [5.74, 6) is 5.93. The number of ether oxygens (including phenoxy) is 1. The SMILES string of the molecule is NNc1ccc(COCc2ccc(-c3ccccc3)cc2)cn1. The molecule has 0 aliphatic heterocycles. The van der Waals surface area contributed by atoms with Gasteiger partial charge < -0.3 is 10.2 Å². The maximum atomic E-state index is 5.73. The van der Waals surface area contributed by atoms with Gasteiger partial charge in [0.15, 0.2) is 0 Å². The number of rotatable bonds is 6. The third kappa shape index (κ3) is 4.16. The second-order valence-electron chi connectivity index (χ2n) is 5.25. The average molecular weight is 305 g/mol. The van der Waals surface area contributed by atoms with Gasteiger partial charge in [0, 0.05) is 6.20 Å². The number of benzene rings is 2. The van der Waals surface area contributed by atoms with Crippen LogP contribution in [0.4, 0.5) is 5.82 Å². The van der Waals surface area contributed by atoms with Gasteiger partial charge in [0.25, 0.3) is 0 Å². The molecule has 0 amide bonds. The van der Waals surface area contributed by atoms with Crippen LogP contribution in [0.1, 0.15) is 11.1 Å². The number of anilines is 1. The number of hydrogen-bond donors (Lipinski definition) is 2. The Morgan fingerprint density at radius 1 is 0.783 bits per heavy atom. The molecule has 4 heteroatoms. The smallest absolute Gasteiger partial charge is 0.139 e. The molecule has 0 bridgehead atoms. The highest BCUT2D eigenvalue weighted by atomic mass is 16.5. The lowest BCUT2D eigenvalue weighted by molar-refractivity contribution is 0.107. The molecule has 0 fully saturated rings. The molecule has 0 spiro atoms. The van der Waals surface area contributed by atoms with E-state index in [2.05, 4.69) is 46.8 Å². The van der Waals surface area contributed by atoms with Gasteiger partial charge in [-0.15, -0.1) is 0 Å². The van der Waals surface area contributed by atoms with E-state index in [0.29, 0.717) is 19.0 Å². The summed E-state index contributed by atoms with van der Waals surface area (Å²) in [6, 6.07) is 22.6. The number of nitrogens with one attached hydrogen (secondary N) is 1. The van der Waals surface area contributed by atoms with Crippen LogP contribution in [0.2, 0.25) is 0 Å². The van der Waals surface area contributed by atoms with E-state index in [4.69, 9.17) is 10.6 Å². The summed E-state index contributed by atoms with van der Waals surface area (Å²) in [6.45, 7) is 1.10. The van der Waals surface area contributed by atoms with E-state index in [1.807, 2.05) is 30.3 Å². The lowest BCUT2D eigenvalue weighted by Gasteiger charge is -2.07. The summed E-state index contributed by atoms with van der Waals surface area (Å²) in [4.78, 5) is 4.15. The lowest BCUT2D eigenvalue weighted by Crippen LogP contribution is -2.08. The Kier molecular flexibility index (Phi) is 4.99. The van der Waals surface area contributed by atoms with Crippen molar-refractivity contribution in [1.29, 1.82) is 0 Å². The summed E-state index contributed by atoms with van der Waals surface area (Å²) in [5, 5.41) is 0. The maximum Gasteiger partial charge on any atom is 0.139 e. The monoisotopic (exact) mass is 305 g/mol. The lowest BCUT2D eigenvalue weighted by atomic mass is 10.0. The first-order valence-electron chi connectivity index (χ1n) is 7.49. The summed E-state index contributed by atoms with van der Waals surface area (Å²) < 4.78 is 5.73. The number of aromatic nitrogens is 1. The zero-order chi connectivity index (χ0) is 15.9. The van der Waals surface area contributed by atoms with Gasteiger partial charge in [-0.1, -0.05) is 60.7 Å². The molecular weight excluding hydrogens is 286 g/mol. The number of nitrogens with two attached hydrogens (primary N) is 1. The molecular formula is C19H19N3O. The fourth-order valence-corrected chi connectivity index (χ4v) is 2.31. The molecule has 116 valence electrons. The van der Waals surface area contributed by atoms with Gasteiger partial charge in [0.2, 0.25) is 0 Å². The fraction of sp³-hybridized carbons (Fsp3) is 0.105. The van der Waals surface area contributed by atoms with Gasteiger partial charge in [-0.3, -0.25) is 0 Å². The fourth-order valence-electron chi connectivity index (χ4n) is 2.31. The van der Waals surface area contributed by atoms with Crippen LogP contribution in [0, 0.1) is 0 Å². The highest BCUT2D eigenvalue weighted by Crippen LogP contribution is 2.19. The molecule has 0 radical (unpaired) electrons. The number of hydrogen-bond acceptors (Lipinski definition) is 4. The standard InChI is InChI=1S/C19H19N3O/c20-22-19-11-8-16(12-21-19)14-23-13-15-6-9-18(10-7-15)17-4-2-1-3-5-17/h1-12H,13-14,20H2,(H,21,22). The second kappa shape index (κ2) is 7.54. The van der Waals surface area contributed by atoms with Gasteiger partial charge in [-0.05, 0) is 28.3 Å². The highest BCUT2D eigenvalue weighted by Gasteiger charge is 1.99. The van der Waals surface area contributed by atoms with E-state index in [-0.39, 0.29) is 0 Å². The van der Waals surface area contributed by atoms with Crippen molar-refractivity contribution in [3.63, 3.8) is 0 Å². The minimum absolute atomic E-state index is 0.526. The zero-order valence-corrected chi connectivity index (χ0v) is 12.8. The van der Waals surface area contributed by atoms with Crippen molar-refractivity contribution in [3.8, 4) is 11.1 Å². The van der Waals surface area contributed by atoms with Crippen molar-refractivity contribution in [2.24, 2.45) is 5.84 Å². The predicted molar refractivity (Wildman–Crippen MR) is 92.4 cm³/mol. The molecule has 1 heterocycles. The third-order valence-electron chi connectivity index (χ3n) is 3.57. The van der Waals surface area contributed by atoms with Crippen molar-refractivity contribution in [2.75, 3.05) is 5.43 Å². The van der Waals surface area contributed by atoms with Crippen LogP contribution in [-0.2, 0) is 18.0 Å². The molecule has 0 aliphatic rings. The largest absolute Gasteiger partial charge is 0.372 e. The van der Waals surface area contributed by atoms with Crippen LogP contribution in [0.3, 0.4) is 0 Å². The Balaban J connectivity index is 1.54. The van der Waals surface area contributed by atoms with Crippen LogP contribution in [0.5, 0.6) is 0 Å². The molecule has 0 saturated heterocycles. The Bertz CT molecular complexity index is 725. The van der Waals surface area contributed by atoms with E-state index in [1.54, 1.807) is 6.20 Å². The van der Waals surface area contributed by atoms with Gasteiger partial charge in [-0.2, -0.15) is 0 Å². The highest BCUT2D eigenvalue weighted by molar-refractivity contribution is 5.63. The quantitative estimate of drug-likeness (QED) is 0.538. The van der Waals surface area contributed by atoms with Gasteiger partial charge in [0.1, 0.15) is 5.82 Å². The Morgan fingerprint density at radius 3 is 2.09 bits per heavy atom. The van der Waals surface area contributed by atoms with E-state index >= 15 is 0 Å². The first kappa shape index (κ1) is 15.2. The Hall–Kier alpha value is -2.69. The molecule has 3 aromatic rings. The zero-order valence-electron chi connectivity index (χ0n) is 12.8. The first-order chi connectivity index (χ1) is 11.3. The molecule has 0 unspecified atom stereocenters. The summed E-state index contributed by atoms with van der Waals surface area (Å²) in [6.07, 6.45) is 1.76. The van der Waals surface area contributed by atoms with Gasteiger partial charge in [-0.25, -0.2) is 10.8 Å². The average Bonchev–Trinajstić information content (AvgIpc) is 2.64. The summed E-state index contributed by atoms with van der Waals surface area (Å²) in [7, 11) is 0. The molecule has 23 heavy (non-hydrogen) atoms. The van der Waals surface area contributed by atoms with Gasteiger partial charge in [0.05, 0.1) is 13.2 Å². The van der Waals surface area contributed by atoms with Crippen molar-refractivity contribution in [3.05, 3.63) is 84.1 Å². The van der Waals surface area contributed by atoms with Crippen molar-refractivity contribution in [2.45, 2.75) is 13.2 Å². The molecule has 2 aromatic carbocycles. The van der Waals surface area contributed by atoms with E-state index in [1.165, 1.54) is 11.1 Å². The molecule has 3 N–H and O–H groups in total. The number of hydrazine groups is 1. The minimum atomic E-state index is 0.526. The second-order valence-corrected chi connectivity index (χ2v) is 5.25. The van der Waals surface area contributed by atoms with Crippen molar-refractivity contribution >= 4 is 5.82 Å². The number of nitrogens with zero attached hydrogens (tertiary/aromatic N) is 1. The molecule has 1 aromatic heterocycles. The molecule has 0 aliphatic carbocycles. The van der Waals surface area contributed by atoms with Crippen LogP contribution in [0.15, 0.2) is 72.9 Å². The summed E-state index contributed by atoms with van der Waals surface area (Å²) >= 11 is 0. The van der Waals surface area contributed by atoms with Crippen molar-refractivity contribution < 1.29 is 4.74 Å². The maximum absolute atomic E-state index is 5.73. The minimum Gasteiger partial charge on any atom is -0.372 e. The van der Waals surface area contributed by atoms with E-state index in [9.17, 15) is 0 Å². The predicted octanol–water partition coefficient (Wildman–Crippen LogP) is 3.75. The normalized spacial score (nSPS) is 10.5. The van der Waals surface area contributed by atoms with Gasteiger partial charge >= 0.3 is 0 Å². The number of pyridine rings is 1. The van der Waals surface area contributed by atoms with Crippen LogP contribution >= 0.6 is 0 Å².